The summed E-state index contributed by atoms with van der Waals surface area (Å²) in [4.78, 5) is 28.4. The third-order valence-corrected chi connectivity index (χ3v) is 10.5. The van der Waals surface area contributed by atoms with Crippen LogP contribution in [0.5, 0.6) is 0 Å². The van der Waals surface area contributed by atoms with E-state index >= 15 is 0 Å². The summed E-state index contributed by atoms with van der Waals surface area (Å²) in [5.41, 5.74) is -1.29. The van der Waals surface area contributed by atoms with Gasteiger partial charge in [-0.05, 0) is 73.6 Å². The second-order valence-electron chi connectivity index (χ2n) is 13.3. The van der Waals surface area contributed by atoms with Crippen LogP contribution in [0, 0.1) is 34.5 Å². The van der Waals surface area contributed by atoms with Crippen LogP contribution >= 0.6 is 0 Å². The molecular weight excluding hydrogens is 498 g/mol. The van der Waals surface area contributed by atoms with Gasteiger partial charge in [-0.3, -0.25) is 4.79 Å². The Hall–Kier alpha value is -2.81. The van der Waals surface area contributed by atoms with Crippen molar-refractivity contribution in [1.29, 1.82) is 0 Å². The molecule has 1 aliphatic heterocycles. The van der Waals surface area contributed by atoms with Crippen molar-refractivity contribution in [2.24, 2.45) is 34.5 Å². The van der Waals surface area contributed by atoms with Gasteiger partial charge in [0, 0.05) is 5.92 Å². The average molecular weight is 534 g/mol. The molecule has 1 aromatic carbocycles. The molecule has 206 valence electrons. The molecule has 2 heterocycles. The molecule has 1 saturated heterocycles. The van der Waals surface area contributed by atoms with Gasteiger partial charge in [-0.15, -0.1) is 0 Å². The third-order valence-electron chi connectivity index (χ3n) is 10.5. The minimum Gasteiger partial charge on any atom is -0.450 e. The molecule has 8 atom stereocenters. The predicted octanol–water partition coefficient (Wildman–Crippen LogP) is 4.62. The van der Waals surface area contributed by atoms with Crippen LogP contribution in [0.3, 0.4) is 0 Å². The van der Waals surface area contributed by atoms with E-state index in [1.165, 1.54) is 0 Å². The lowest BCUT2D eigenvalue weighted by Crippen LogP contribution is -2.68. The maximum atomic E-state index is 14.8. The molecule has 7 rings (SSSR count). The molecule has 0 radical (unpaired) electrons. The molecule has 1 spiro atoms. The molecule has 8 heteroatoms. The van der Waals surface area contributed by atoms with Gasteiger partial charge < -0.3 is 23.8 Å². The summed E-state index contributed by atoms with van der Waals surface area (Å²) in [7, 11) is 0. The van der Waals surface area contributed by atoms with Gasteiger partial charge in [-0.1, -0.05) is 50.2 Å². The van der Waals surface area contributed by atoms with E-state index in [-0.39, 0.29) is 41.3 Å². The zero-order valence-electron chi connectivity index (χ0n) is 23.2. The quantitative estimate of drug-likeness (QED) is 0.440. The number of hydrogen-bond donors (Lipinski definition) is 1. The number of rotatable bonds is 2. The van der Waals surface area contributed by atoms with Crippen LogP contribution in [0.1, 0.15) is 58.5 Å². The molecule has 4 aliphatic carbocycles. The van der Waals surface area contributed by atoms with Gasteiger partial charge in [0.1, 0.15) is 6.10 Å². The number of nitrogens with zero attached hydrogens (tertiary/aromatic N) is 1. The Morgan fingerprint density at radius 3 is 2.69 bits per heavy atom. The number of hydrogen-bond acceptors (Lipinski definition) is 8. The van der Waals surface area contributed by atoms with Gasteiger partial charge in [-0.25, -0.2) is 4.79 Å². The van der Waals surface area contributed by atoms with Crippen molar-refractivity contribution in [1.82, 2.24) is 5.16 Å². The number of aromatic nitrogens is 1. The van der Waals surface area contributed by atoms with E-state index < -0.39 is 35.0 Å². The molecule has 1 aromatic heterocycles. The first-order valence-corrected chi connectivity index (χ1v) is 13.9. The number of benzene rings is 1. The maximum absolute atomic E-state index is 14.8. The van der Waals surface area contributed by atoms with Crippen LogP contribution in [-0.2, 0) is 19.0 Å². The van der Waals surface area contributed by atoms with E-state index in [0.29, 0.717) is 22.5 Å². The first kappa shape index (κ1) is 25.2. The molecule has 2 saturated carbocycles. The van der Waals surface area contributed by atoms with Crippen LogP contribution in [0.25, 0.3) is 11.0 Å². The van der Waals surface area contributed by atoms with Crippen molar-refractivity contribution in [2.45, 2.75) is 71.6 Å². The van der Waals surface area contributed by atoms with Gasteiger partial charge in [0.05, 0.1) is 17.4 Å². The van der Waals surface area contributed by atoms with Crippen LogP contribution < -0.4 is 0 Å². The number of carbonyl (C=O) groups excluding carboxylic acids is 2. The zero-order valence-corrected chi connectivity index (χ0v) is 23.2. The lowest BCUT2D eigenvalue weighted by atomic mass is 9.59. The molecule has 0 unspecified atom stereocenters. The third kappa shape index (κ3) is 3.08. The summed E-state index contributed by atoms with van der Waals surface area (Å²) in [5, 5.41) is 17.6. The Balaban J connectivity index is 1.38. The number of esters is 1. The maximum Gasteiger partial charge on any atom is 0.361 e. The highest BCUT2D eigenvalue weighted by atomic mass is 16.7. The number of para-hydroxylation sites is 1. The summed E-state index contributed by atoms with van der Waals surface area (Å²) in [6.07, 6.45) is 2.63. The molecule has 1 N–H and O–H groups in total. The fraction of sp³-hybridized carbons (Fsp3) is 0.581. The van der Waals surface area contributed by atoms with Gasteiger partial charge >= 0.3 is 5.97 Å². The summed E-state index contributed by atoms with van der Waals surface area (Å²) >= 11 is 0. The van der Waals surface area contributed by atoms with Crippen molar-refractivity contribution in [3.8, 4) is 0 Å². The van der Waals surface area contributed by atoms with Crippen molar-refractivity contribution >= 4 is 22.7 Å². The van der Waals surface area contributed by atoms with Crippen molar-refractivity contribution in [3.63, 3.8) is 0 Å². The van der Waals surface area contributed by atoms with Crippen LogP contribution in [0.15, 0.2) is 52.1 Å². The average Bonchev–Trinajstić information content (AvgIpc) is 3.16. The molecule has 3 fully saturated rings. The van der Waals surface area contributed by atoms with Gasteiger partial charge in [0.2, 0.25) is 0 Å². The van der Waals surface area contributed by atoms with Crippen molar-refractivity contribution < 1.29 is 33.4 Å². The second kappa shape index (κ2) is 7.68. The van der Waals surface area contributed by atoms with Gasteiger partial charge in [0.15, 0.2) is 34.6 Å². The first-order chi connectivity index (χ1) is 18.3. The number of ketones is 1. The van der Waals surface area contributed by atoms with Gasteiger partial charge in [-0.2, -0.15) is 0 Å². The largest absolute Gasteiger partial charge is 0.450 e. The second-order valence-corrected chi connectivity index (χ2v) is 13.3. The minimum atomic E-state index is -1.87. The van der Waals surface area contributed by atoms with E-state index in [9.17, 15) is 14.7 Å². The number of ether oxygens (including phenoxy) is 3. The predicted molar refractivity (Wildman–Crippen MR) is 140 cm³/mol. The standard InChI is InChI=1S/C31H35NO7/c1-15-13-30-16(2)11-20-22(28(20,3)4)19(24(30)33)12-17-14-36-29(5,6)38-26(17)31(30,35)25(15)37-27(34)23-18-9-7-8-10-21(18)39-32-23/h7-10,12-13,16,19-20,22,25-26,35H,11,14H2,1-6H3/t16-,19+,20-,22+,25+,26-,30+,31-/m1/s1. The van der Waals surface area contributed by atoms with E-state index in [2.05, 4.69) is 19.0 Å². The zero-order chi connectivity index (χ0) is 27.7. The minimum absolute atomic E-state index is 0.0244. The lowest BCUT2D eigenvalue weighted by molar-refractivity contribution is -0.302. The van der Waals surface area contributed by atoms with E-state index in [1.54, 1.807) is 38.1 Å². The number of Topliss-reactive ketones (excluding diaryl/α,β-unsaturated/α-hetero) is 1. The summed E-state index contributed by atoms with van der Waals surface area (Å²) in [5.74, 6) is -1.81. The Morgan fingerprint density at radius 1 is 1.18 bits per heavy atom. The Kier molecular flexibility index (Phi) is 4.96. The van der Waals surface area contributed by atoms with Crippen molar-refractivity contribution in [2.75, 3.05) is 6.61 Å². The molecule has 39 heavy (non-hydrogen) atoms. The highest BCUT2D eigenvalue weighted by Gasteiger charge is 2.77. The smallest absolute Gasteiger partial charge is 0.361 e. The van der Waals surface area contributed by atoms with E-state index in [4.69, 9.17) is 18.7 Å². The normalized spacial score (nSPS) is 41.4. The van der Waals surface area contributed by atoms with Crippen LogP contribution in [0.4, 0.5) is 0 Å². The molecule has 2 bridgehead atoms. The van der Waals surface area contributed by atoms with Crippen molar-refractivity contribution in [3.05, 3.63) is 53.3 Å². The SMILES string of the molecule is CC1=C[C@]23C(=O)[C@@H](C=C4COC(C)(C)O[C@H]4[C@]2(O)[C@H]1OC(=O)c1noc2ccccc12)[C@H]1[C@@H](C[C@H]3C)C1(C)C. The fourth-order valence-electron chi connectivity index (χ4n) is 8.50. The fourth-order valence-corrected chi connectivity index (χ4v) is 8.50. The van der Waals surface area contributed by atoms with E-state index in [0.717, 1.165) is 12.0 Å². The Morgan fingerprint density at radius 2 is 1.92 bits per heavy atom. The summed E-state index contributed by atoms with van der Waals surface area (Å²) in [6.45, 7) is 12.1. The first-order valence-electron chi connectivity index (χ1n) is 13.9. The molecule has 5 aliphatic rings. The Labute approximate surface area is 227 Å². The number of aliphatic hydroxyl groups is 1. The van der Waals surface area contributed by atoms with Crippen LogP contribution in [0.2, 0.25) is 0 Å². The summed E-state index contributed by atoms with van der Waals surface area (Å²) < 4.78 is 24.0. The monoisotopic (exact) mass is 533 g/mol. The molecule has 2 aromatic rings. The van der Waals surface area contributed by atoms with Gasteiger partial charge in [0.25, 0.3) is 0 Å². The van der Waals surface area contributed by atoms with Crippen LogP contribution in [-0.4, -0.2) is 52.2 Å². The topological polar surface area (TPSA) is 108 Å². The highest BCUT2D eigenvalue weighted by Crippen LogP contribution is 2.72. The summed E-state index contributed by atoms with van der Waals surface area (Å²) in [6, 6.07) is 7.05. The molecule has 8 nitrogen and oxygen atoms in total. The number of fused-ring (bicyclic) bond motifs is 6. The Bertz CT molecular complexity index is 1480. The molecule has 0 amide bonds. The highest BCUT2D eigenvalue weighted by molar-refractivity contribution is 6.01. The number of allylic oxidation sites excluding steroid dienone is 1. The van der Waals surface area contributed by atoms with E-state index in [1.807, 2.05) is 26.0 Å². The lowest BCUT2D eigenvalue weighted by Gasteiger charge is -2.52. The molecular formula is C31H35NO7. The number of carbonyl (C=O) groups is 2.